The smallest absolute Gasteiger partial charge is 0.222 e. The van der Waals surface area contributed by atoms with E-state index < -0.39 is 0 Å². The van der Waals surface area contributed by atoms with Crippen LogP contribution in [-0.4, -0.2) is 29.7 Å². The Morgan fingerprint density at radius 1 is 1.29 bits per heavy atom. The van der Waals surface area contributed by atoms with Gasteiger partial charge in [-0.05, 0) is 12.5 Å². The van der Waals surface area contributed by atoms with Crippen molar-refractivity contribution in [1.29, 1.82) is 0 Å². The highest BCUT2D eigenvalue weighted by Crippen LogP contribution is 2.45. The maximum atomic E-state index is 6.23. The van der Waals surface area contributed by atoms with Crippen molar-refractivity contribution in [2.75, 3.05) is 30.8 Å². The lowest BCUT2D eigenvalue weighted by molar-refractivity contribution is 0.174. The molecule has 112 valence electrons. The summed E-state index contributed by atoms with van der Waals surface area (Å²) in [5.41, 5.74) is 6.43. The maximum absolute atomic E-state index is 6.23. The van der Waals surface area contributed by atoms with Gasteiger partial charge in [0.1, 0.15) is 19.0 Å². The first-order valence-electron chi connectivity index (χ1n) is 7.00. The van der Waals surface area contributed by atoms with E-state index in [0.717, 1.165) is 24.8 Å². The molecule has 0 saturated carbocycles. The van der Waals surface area contributed by atoms with E-state index in [0.29, 0.717) is 41.1 Å². The van der Waals surface area contributed by atoms with Crippen molar-refractivity contribution in [2.45, 2.75) is 19.8 Å². The minimum absolute atomic E-state index is 0.203. The number of benzene rings is 1. The number of unbranched alkanes of at least 4 members (excludes halogenated alkanes) is 1. The molecule has 21 heavy (non-hydrogen) atoms. The van der Waals surface area contributed by atoms with E-state index in [1.54, 1.807) is 6.07 Å². The molecule has 0 radical (unpaired) electrons. The number of anilines is 2. The predicted molar refractivity (Wildman–Crippen MR) is 83.3 cm³/mol. The van der Waals surface area contributed by atoms with E-state index in [9.17, 15) is 0 Å². The van der Waals surface area contributed by atoms with E-state index in [4.69, 9.17) is 26.8 Å². The summed E-state index contributed by atoms with van der Waals surface area (Å²) in [6.45, 7) is 3.89. The van der Waals surface area contributed by atoms with Crippen LogP contribution in [-0.2, 0) is 0 Å². The van der Waals surface area contributed by atoms with Gasteiger partial charge in [0, 0.05) is 6.54 Å². The number of hydrogen-bond donors (Lipinski definition) is 2. The molecule has 0 fully saturated rings. The van der Waals surface area contributed by atoms with Crippen molar-refractivity contribution >= 4 is 34.3 Å². The van der Waals surface area contributed by atoms with Crippen LogP contribution in [0.25, 0.3) is 10.9 Å². The summed E-state index contributed by atoms with van der Waals surface area (Å²) in [7, 11) is 0. The van der Waals surface area contributed by atoms with Crippen molar-refractivity contribution in [3.05, 3.63) is 11.1 Å². The summed E-state index contributed by atoms with van der Waals surface area (Å²) in [5, 5.41) is 4.52. The molecule has 1 aromatic carbocycles. The molecule has 1 aliphatic heterocycles. The molecule has 0 spiro atoms. The van der Waals surface area contributed by atoms with Gasteiger partial charge in [-0.25, -0.2) is 4.98 Å². The van der Waals surface area contributed by atoms with Gasteiger partial charge in [-0.15, -0.1) is 0 Å². The monoisotopic (exact) mass is 308 g/mol. The fourth-order valence-electron chi connectivity index (χ4n) is 2.30. The average molecular weight is 309 g/mol. The number of halogens is 1. The molecule has 0 bridgehead atoms. The van der Waals surface area contributed by atoms with Crippen LogP contribution in [0.3, 0.4) is 0 Å². The fourth-order valence-corrected chi connectivity index (χ4v) is 2.55. The number of hydrogen-bond acceptors (Lipinski definition) is 6. The highest BCUT2D eigenvalue weighted by molar-refractivity contribution is 6.33. The number of fused-ring (bicyclic) bond motifs is 3. The molecule has 3 rings (SSSR count). The fraction of sp³-hybridized carbons (Fsp3) is 0.429. The van der Waals surface area contributed by atoms with Crippen LogP contribution in [0.1, 0.15) is 19.8 Å². The maximum Gasteiger partial charge on any atom is 0.222 e. The van der Waals surface area contributed by atoms with Crippen LogP contribution in [0, 0.1) is 0 Å². The highest BCUT2D eigenvalue weighted by Gasteiger charge is 2.23. The molecule has 0 aliphatic carbocycles. The average Bonchev–Trinajstić information content (AvgIpc) is 2.47. The standard InChI is InChI=1S/C14H17ClN4O2/c1-2-3-4-17-13-10-9(18-14(16)19-13)7-8(15)11-12(10)21-6-5-20-11/h7H,2-6H2,1H3,(H3,16,17,18,19). The second-order valence-electron chi connectivity index (χ2n) is 4.82. The summed E-state index contributed by atoms with van der Waals surface area (Å²) in [6.07, 6.45) is 2.13. The number of rotatable bonds is 4. The zero-order valence-electron chi connectivity index (χ0n) is 11.8. The zero-order valence-corrected chi connectivity index (χ0v) is 12.5. The van der Waals surface area contributed by atoms with Gasteiger partial charge in [0.05, 0.1) is 15.9 Å². The van der Waals surface area contributed by atoms with Gasteiger partial charge in [0.15, 0.2) is 11.5 Å². The summed E-state index contributed by atoms with van der Waals surface area (Å²) in [6, 6.07) is 1.73. The van der Waals surface area contributed by atoms with Crippen molar-refractivity contribution < 1.29 is 9.47 Å². The van der Waals surface area contributed by atoms with E-state index >= 15 is 0 Å². The molecule has 0 unspecified atom stereocenters. The lowest BCUT2D eigenvalue weighted by atomic mass is 10.1. The minimum atomic E-state index is 0.203. The Bertz CT molecular complexity index is 678. The molecule has 1 aliphatic rings. The lowest BCUT2D eigenvalue weighted by Gasteiger charge is -2.22. The van der Waals surface area contributed by atoms with Crippen LogP contribution in [0.4, 0.5) is 11.8 Å². The Balaban J connectivity index is 2.16. The molecule has 0 amide bonds. The Morgan fingerprint density at radius 2 is 2.05 bits per heavy atom. The van der Waals surface area contributed by atoms with Crippen molar-refractivity contribution in [2.24, 2.45) is 0 Å². The second kappa shape index (κ2) is 5.81. The molecule has 0 atom stereocenters. The predicted octanol–water partition coefficient (Wildman–Crippen LogP) is 2.85. The van der Waals surface area contributed by atoms with Gasteiger partial charge in [0.2, 0.25) is 5.95 Å². The van der Waals surface area contributed by atoms with Crippen LogP contribution in [0.15, 0.2) is 6.07 Å². The lowest BCUT2D eigenvalue weighted by Crippen LogP contribution is -2.17. The molecule has 2 aromatic rings. The zero-order chi connectivity index (χ0) is 14.8. The number of aromatic nitrogens is 2. The van der Waals surface area contributed by atoms with Gasteiger partial charge in [-0.1, -0.05) is 24.9 Å². The van der Waals surface area contributed by atoms with E-state index in [2.05, 4.69) is 22.2 Å². The SMILES string of the molecule is CCCCNc1nc(N)nc2cc(Cl)c3c(c12)OCCO3. The molecular formula is C14H17ClN4O2. The Morgan fingerprint density at radius 3 is 2.81 bits per heavy atom. The summed E-state index contributed by atoms with van der Waals surface area (Å²) in [4.78, 5) is 8.53. The van der Waals surface area contributed by atoms with Crippen LogP contribution < -0.4 is 20.5 Å². The third-order valence-corrected chi connectivity index (χ3v) is 3.55. The van der Waals surface area contributed by atoms with Crippen LogP contribution >= 0.6 is 11.6 Å². The van der Waals surface area contributed by atoms with Crippen LogP contribution in [0.5, 0.6) is 11.5 Å². The number of nitrogen functional groups attached to an aromatic ring is 1. The highest BCUT2D eigenvalue weighted by atomic mass is 35.5. The number of nitrogens with two attached hydrogens (primary N) is 1. The topological polar surface area (TPSA) is 82.3 Å². The van der Waals surface area contributed by atoms with E-state index in [1.807, 2.05) is 0 Å². The van der Waals surface area contributed by atoms with Gasteiger partial charge in [-0.3, -0.25) is 0 Å². The quantitative estimate of drug-likeness (QED) is 0.845. The first kappa shape index (κ1) is 14.0. The largest absolute Gasteiger partial charge is 0.485 e. The first-order chi connectivity index (χ1) is 10.2. The van der Waals surface area contributed by atoms with Gasteiger partial charge < -0.3 is 20.5 Å². The number of ether oxygens (including phenoxy) is 2. The molecule has 3 N–H and O–H groups in total. The number of nitrogens with one attached hydrogen (secondary N) is 1. The Kier molecular flexibility index (Phi) is 3.88. The number of nitrogens with zero attached hydrogens (tertiary/aromatic N) is 2. The van der Waals surface area contributed by atoms with Crippen molar-refractivity contribution in [3.8, 4) is 11.5 Å². The van der Waals surface area contributed by atoms with Gasteiger partial charge >= 0.3 is 0 Å². The summed E-state index contributed by atoms with van der Waals surface area (Å²) < 4.78 is 11.3. The summed E-state index contributed by atoms with van der Waals surface area (Å²) in [5.74, 6) is 1.99. The van der Waals surface area contributed by atoms with Gasteiger partial charge in [0.25, 0.3) is 0 Å². The molecular weight excluding hydrogens is 292 g/mol. The third kappa shape index (κ3) is 2.63. The Hall–Kier alpha value is -1.95. The molecule has 1 aromatic heterocycles. The molecule has 0 saturated heterocycles. The van der Waals surface area contributed by atoms with Gasteiger partial charge in [-0.2, -0.15) is 4.98 Å². The normalized spacial score (nSPS) is 13.4. The molecule has 2 heterocycles. The van der Waals surface area contributed by atoms with Crippen molar-refractivity contribution in [1.82, 2.24) is 9.97 Å². The Labute approximate surface area is 127 Å². The third-order valence-electron chi connectivity index (χ3n) is 3.27. The van der Waals surface area contributed by atoms with Crippen LogP contribution in [0.2, 0.25) is 5.02 Å². The second-order valence-corrected chi connectivity index (χ2v) is 5.23. The molecule has 7 heteroatoms. The molecule has 6 nitrogen and oxygen atoms in total. The van der Waals surface area contributed by atoms with E-state index in [-0.39, 0.29) is 5.95 Å². The van der Waals surface area contributed by atoms with E-state index in [1.165, 1.54) is 0 Å². The summed E-state index contributed by atoms with van der Waals surface area (Å²) >= 11 is 6.23. The minimum Gasteiger partial charge on any atom is -0.485 e. The first-order valence-corrected chi connectivity index (χ1v) is 7.37. The van der Waals surface area contributed by atoms with Crippen molar-refractivity contribution in [3.63, 3.8) is 0 Å².